The average Bonchev–Trinajstić information content (AvgIpc) is 3.37. The van der Waals surface area contributed by atoms with Crippen molar-refractivity contribution < 1.29 is 28.2 Å². The molecule has 9 heteroatoms. The lowest BCUT2D eigenvalue weighted by molar-refractivity contribution is 0.0587. The van der Waals surface area contributed by atoms with Gasteiger partial charge in [-0.25, -0.2) is 13.6 Å². The van der Waals surface area contributed by atoms with Crippen molar-refractivity contribution in [2.75, 3.05) is 13.7 Å². The van der Waals surface area contributed by atoms with Gasteiger partial charge in [-0.1, -0.05) is 6.07 Å². The molecule has 40 heavy (non-hydrogen) atoms. The van der Waals surface area contributed by atoms with Gasteiger partial charge in [0.25, 0.3) is 0 Å². The number of ether oxygens (including phenoxy) is 2. The Balaban J connectivity index is 1.53. The maximum atomic E-state index is 15.5. The van der Waals surface area contributed by atoms with Gasteiger partial charge in [0, 0.05) is 46.7 Å². The molecule has 5 aromatic rings. The molecule has 0 bridgehead atoms. The maximum absolute atomic E-state index is 15.5. The Kier molecular flexibility index (Phi) is 7.33. The molecule has 0 fully saturated rings. The summed E-state index contributed by atoms with van der Waals surface area (Å²) in [6.45, 7) is 5.89. The van der Waals surface area contributed by atoms with E-state index in [-0.39, 0.29) is 12.4 Å². The number of hydrogen-bond acceptors (Lipinski definition) is 5. The number of carbonyl (C=O) groups excluding carboxylic acids is 1. The highest BCUT2D eigenvalue weighted by Gasteiger charge is 2.27. The summed E-state index contributed by atoms with van der Waals surface area (Å²) in [5.41, 5.74) is 4.38. The minimum absolute atomic E-state index is 0.295. The van der Waals surface area contributed by atoms with Gasteiger partial charge >= 0.3 is 5.97 Å². The summed E-state index contributed by atoms with van der Waals surface area (Å²) in [6, 6.07) is 11.4. The first-order chi connectivity index (χ1) is 19.2. The van der Waals surface area contributed by atoms with Gasteiger partial charge in [0.2, 0.25) is 0 Å². The third-order valence-corrected chi connectivity index (χ3v) is 7.41. The van der Waals surface area contributed by atoms with Gasteiger partial charge in [0.1, 0.15) is 23.1 Å². The Morgan fingerprint density at radius 2 is 1.82 bits per heavy atom. The van der Waals surface area contributed by atoms with Gasteiger partial charge in [-0.3, -0.25) is 4.68 Å². The largest absolute Gasteiger partial charge is 0.493 e. The lowest BCUT2D eigenvalue weighted by Crippen LogP contribution is -2.13. The van der Waals surface area contributed by atoms with E-state index in [1.165, 1.54) is 25.3 Å². The predicted octanol–water partition coefficient (Wildman–Crippen LogP) is 6.15. The summed E-state index contributed by atoms with van der Waals surface area (Å²) in [4.78, 5) is 13.0. The highest BCUT2D eigenvalue weighted by molar-refractivity contribution is 6.06. The topological polar surface area (TPSA) is 78.5 Å². The van der Waals surface area contributed by atoms with E-state index in [0.29, 0.717) is 70.0 Å². The molecule has 0 amide bonds. The molecule has 2 aromatic heterocycles. The van der Waals surface area contributed by atoms with Crippen molar-refractivity contribution in [1.29, 1.82) is 0 Å². The van der Waals surface area contributed by atoms with E-state index in [0.717, 1.165) is 16.3 Å². The third kappa shape index (κ3) is 4.60. The number of aliphatic hydroxyl groups is 1. The van der Waals surface area contributed by atoms with Crippen LogP contribution in [0.15, 0.2) is 42.5 Å². The number of esters is 1. The first kappa shape index (κ1) is 27.3. The molecular weight excluding hydrogens is 516 g/mol. The summed E-state index contributed by atoms with van der Waals surface area (Å²) >= 11 is 0. The van der Waals surface area contributed by atoms with Crippen LogP contribution in [-0.2, 0) is 24.9 Å². The molecule has 0 saturated carbocycles. The van der Waals surface area contributed by atoms with Crippen LogP contribution in [-0.4, -0.2) is 39.1 Å². The van der Waals surface area contributed by atoms with E-state index in [9.17, 15) is 14.3 Å². The van der Waals surface area contributed by atoms with Crippen LogP contribution < -0.4 is 4.74 Å². The summed E-state index contributed by atoms with van der Waals surface area (Å²) < 4.78 is 43.9. The smallest absolute Gasteiger partial charge is 0.354 e. The standard InChI is InChI=1S/C31H31F2N3O4/c1-17-13-20-15-21(32)7-8-22(20)26(14-17)40-12-6-11-36-25-10-9-23(33)29(27(25)18(2)30(36)31(38)39-5)28-19(3)35(4)34-24(28)16-37/h7-10,13-15,37H,6,11-12,16H2,1-5H3. The maximum Gasteiger partial charge on any atom is 0.354 e. The second-order valence-corrected chi connectivity index (χ2v) is 9.95. The van der Waals surface area contributed by atoms with Crippen molar-refractivity contribution in [3.63, 3.8) is 0 Å². The van der Waals surface area contributed by atoms with Crippen LogP contribution in [0.4, 0.5) is 8.78 Å². The van der Waals surface area contributed by atoms with Gasteiger partial charge in [0.05, 0.1) is 26.0 Å². The Labute approximate surface area is 230 Å². The number of aromatic nitrogens is 3. The first-order valence-corrected chi connectivity index (χ1v) is 13.0. The van der Waals surface area contributed by atoms with Crippen molar-refractivity contribution in [2.45, 2.75) is 40.3 Å². The third-order valence-electron chi connectivity index (χ3n) is 7.41. The second-order valence-electron chi connectivity index (χ2n) is 9.95. The second kappa shape index (κ2) is 10.7. The van der Waals surface area contributed by atoms with Crippen molar-refractivity contribution in [3.8, 4) is 16.9 Å². The molecule has 0 aliphatic rings. The molecule has 1 N–H and O–H groups in total. The number of aryl methyl sites for hydroxylation is 4. The Morgan fingerprint density at radius 1 is 1.05 bits per heavy atom. The number of fused-ring (bicyclic) bond motifs is 2. The lowest BCUT2D eigenvalue weighted by atomic mass is 9.96. The van der Waals surface area contributed by atoms with Crippen molar-refractivity contribution >= 4 is 27.6 Å². The number of methoxy groups -OCH3 is 1. The predicted molar refractivity (Wildman–Crippen MR) is 150 cm³/mol. The van der Waals surface area contributed by atoms with E-state index in [1.807, 2.05) is 30.5 Å². The number of carbonyl (C=O) groups is 1. The van der Waals surface area contributed by atoms with Crippen molar-refractivity contribution in [3.05, 3.63) is 82.3 Å². The van der Waals surface area contributed by atoms with E-state index >= 15 is 4.39 Å². The normalized spacial score (nSPS) is 11.5. The average molecular weight is 548 g/mol. The number of nitrogens with zero attached hydrogens (tertiary/aromatic N) is 3. The van der Waals surface area contributed by atoms with Crippen LogP contribution in [0.2, 0.25) is 0 Å². The minimum Gasteiger partial charge on any atom is -0.493 e. The molecular formula is C31H31F2N3O4. The summed E-state index contributed by atoms with van der Waals surface area (Å²) in [5.74, 6) is -0.652. The molecule has 0 aliphatic carbocycles. The molecule has 0 unspecified atom stereocenters. The van der Waals surface area contributed by atoms with E-state index in [2.05, 4.69) is 5.10 Å². The van der Waals surface area contributed by atoms with Gasteiger partial charge in [-0.05, 0) is 80.1 Å². The Hall–Kier alpha value is -4.24. The molecule has 2 heterocycles. The zero-order valence-electron chi connectivity index (χ0n) is 23.1. The van der Waals surface area contributed by atoms with Crippen LogP contribution in [0.25, 0.3) is 32.8 Å². The fourth-order valence-electron chi connectivity index (χ4n) is 5.53. The van der Waals surface area contributed by atoms with Gasteiger partial charge in [-0.15, -0.1) is 0 Å². The van der Waals surface area contributed by atoms with Crippen LogP contribution >= 0.6 is 0 Å². The molecule has 5 rings (SSSR count). The van der Waals surface area contributed by atoms with Crippen molar-refractivity contribution in [1.82, 2.24) is 14.3 Å². The minimum atomic E-state index is -0.530. The van der Waals surface area contributed by atoms with Crippen LogP contribution in [0.3, 0.4) is 0 Å². The highest BCUT2D eigenvalue weighted by Crippen LogP contribution is 2.40. The highest BCUT2D eigenvalue weighted by atomic mass is 19.1. The van der Waals surface area contributed by atoms with Gasteiger partial charge in [0.15, 0.2) is 0 Å². The van der Waals surface area contributed by atoms with E-state index < -0.39 is 11.8 Å². The first-order valence-electron chi connectivity index (χ1n) is 13.0. The van der Waals surface area contributed by atoms with E-state index in [4.69, 9.17) is 9.47 Å². The number of benzene rings is 3. The molecule has 3 aromatic carbocycles. The molecule has 0 spiro atoms. The van der Waals surface area contributed by atoms with Crippen LogP contribution in [0.1, 0.15) is 39.4 Å². The number of rotatable bonds is 8. The number of aliphatic hydroxyl groups excluding tert-OH is 1. The van der Waals surface area contributed by atoms with Gasteiger partial charge < -0.3 is 19.1 Å². The Bertz CT molecular complexity index is 1770. The molecule has 208 valence electrons. The summed E-state index contributed by atoms with van der Waals surface area (Å²) in [6.07, 6.45) is 0.532. The molecule has 0 saturated heterocycles. The fraction of sp³-hybridized carbons (Fsp3) is 0.290. The number of halogens is 2. The monoisotopic (exact) mass is 547 g/mol. The van der Waals surface area contributed by atoms with Crippen molar-refractivity contribution in [2.24, 2.45) is 7.05 Å². The quantitative estimate of drug-likeness (QED) is 0.186. The zero-order valence-corrected chi connectivity index (χ0v) is 23.1. The molecule has 0 radical (unpaired) electrons. The summed E-state index contributed by atoms with van der Waals surface area (Å²) in [5, 5.41) is 16.5. The number of hydrogen-bond donors (Lipinski definition) is 1. The van der Waals surface area contributed by atoms with Crippen LogP contribution in [0, 0.1) is 32.4 Å². The van der Waals surface area contributed by atoms with Gasteiger partial charge in [-0.2, -0.15) is 5.10 Å². The lowest BCUT2D eigenvalue weighted by Gasteiger charge is -2.13. The summed E-state index contributed by atoms with van der Waals surface area (Å²) in [7, 11) is 3.05. The van der Waals surface area contributed by atoms with E-state index in [1.54, 1.807) is 30.8 Å². The SMILES string of the molecule is COC(=O)c1c(C)c2c(-c3c(CO)nn(C)c3C)c(F)ccc2n1CCCOc1cc(C)cc2cc(F)ccc12. The Morgan fingerprint density at radius 3 is 2.55 bits per heavy atom. The van der Waals surface area contributed by atoms with Crippen LogP contribution in [0.5, 0.6) is 5.75 Å². The zero-order chi connectivity index (χ0) is 28.7. The molecule has 0 atom stereocenters. The molecule has 0 aliphatic heterocycles. The fourth-order valence-corrected chi connectivity index (χ4v) is 5.53. The molecule has 7 nitrogen and oxygen atoms in total.